The van der Waals surface area contributed by atoms with Crippen molar-refractivity contribution >= 4 is 49.9 Å². The first-order chi connectivity index (χ1) is 8.15. The average Bonchev–Trinajstić information content (AvgIpc) is 2.83. The van der Waals surface area contributed by atoms with E-state index < -0.39 is 0 Å². The second-order valence-corrected chi connectivity index (χ2v) is 5.98. The van der Waals surface area contributed by atoms with Gasteiger partial charge in [0.15, 0.2) is 0 Å². The second kappa shape index (κ2) is 4.12. The van der Waals surface area contributed by atoms with Gasteiger partial charge in [-0.15, -0.1) is 11.3 Å². The van der Waals surface area contributed by atoms with Gasteiger partial charge in [-0.25, -0.2) is 4.98 Å². The first-order valence-corrected chi connectivity index (χ1v) is 7.09. The fourth-order valence-corrected chi connectivity index (χ4v) is 3.27. The summed E-state index contributed by atoms with van der Waals surface area (Å²) >= 11 is 11.3. The van der Waals surface area contributed by atoms with E-state index in [0.29, 0.717) is 0 Å². The molecule has 0 spiro atoms. The van der Waals surface area contributed by atoms with Crippen molar-refractivity contribution in [2.75, 3.05) is 0 Å². The van der Waals surface area contributed by atoms with E-state index in [0.717, 1.165) is 36.8 Å². The zero-order valence-electron chi connectivity index (χ0n) is 8.92. The summed E-state index contributed by atoms with van der Waals surface area (Å²) in [5.74, 6) is 0.834. The van der Waals surface area contributed by atoms with Crippen molar-refractivity contribution in [3.05, 3.63) is 38.6 Å². The van der Waals surface area contributed by atoms with Crippen LogP contribution < -0.4 is 0 Å². The highest BCUT2D eigenvalue weighted by atomic mass is 79.9. The Morgan fingerprint density at radius 1 is 1.41 bits per heavy atom. The minimum atomic E-state index is 0.785. The fourth-order valence-electron chi connectivity index (χ4n) is 1.68. The van der Waals surface area contributed by atoms with Crippen molar-refractivity contribution < 1.29 is 0 Å². The Morgan fingerprint density at radius 2 is 2.24 bits per heavy atom. The van der Waals surface area contributed by atoms with Gasteiger partial charge in [-0.05, 0) is 36.1 Å². The van der Waals surface area contributed by atoms with E-state index in [4.69, 9.17) is 11.6 Å². The number of aromatic amines is 1. The summed E-state index contributed by atoms with van der Waals surface area (Å²) < 4.78 is 1.04. The van der Waals surface area contributed by atoms with E-state index in [-0.39, 0.29) is 0 Å². The van der Waals surface area contributed by atoms with Crippen LogP contribution in [0, 0.1) is 6.92 Å². The van der Waals surface area contributed by atoms with Crippen molar-refractivity contribution in [2.45, 2.75) is 6.92 Å². The monoisotopic (exact) mass is 326 g/mol. The number of halogens is 2. The molecule has 0 radical (unpaired) electrons. The van der Waals surface area contributed by atoms with Crippen LogP contribution in [-0.4, -0.2) is 9.97 Å². The Labute approximate surface area is 116 Å². The first-order valence-electron chi connectivity index (χ1n) is 5.04. The quantitative estimate of drug-likeness (QED) is 0.668. The van der Waals surface area contributed by atoms with Crippen molar-refractivity contribution in [1.29, 1.82) is 0 Å². The lowest BCUT2D eigenvalue weighted by atomic mass is 10.3. The highest BCUT2D eigenvalue weighted by Crippen LogP contribution is 2.35. The van der Waals surface area contributed by atoms with Crippen LogP contribution >= 0.6 is 38.9 Å². The number of H-pyrrole nitrogens is 1. The lowest BCUT2D eigenvalue weighted by Gasteiger charge is -1.92. The third-order valence-corrected chi connectivity index (χ3v) is 4.76. The number of aryl methyl sites for hydroxylation is 1. The summed E-state index contributed by atoms with van der Waals surface area (Å²) in [6.45, 7) is 2.00. The summed E-state index contributed by atoms with van der Waals surface area (Å²) in [5, 5.41) is 2.83. The summed E-state index contributed by atoms with van der Waals surface area (Å²) in [4.78, 5) is 8.84. The molecule has 3 aromatic rings. The van der Waals surface area contributed by atoms with Crippen LogP contribution in [0.1, 0.15) is 5.56 Å². The number of imidazole rings is 1. The molecule has 86 valence electrons. The number of nitrogens with one attached hydrogen (secondary N) is 1. The summed E-state index contributed by atoms with van der Waals surface area (Å²) in [6, 6.07) is 5.97. The lowest BCUT2D eigenvalue weighted by Crippen LogP contribution is -1.76. The molecule has 1 aromatic carbocycles. The number of aromatic nitrogens is 2. The topological polar surface area (TPSA) is 28.7 Å². The molecule has 0 unspecified atom stereocenters. The molecule has 0 aliphatic heterocycles. The molecule has 3 rings (SSSR count). The maximum atomic E-state index is 6.24. The molecular weight excluding hydrogens is 320 g/mol. The first kappa shape index (κ1) is 11.3. The maximum Gasteiger partial charge on any atom is 0.150 e. The van der Waals surface area contributed by atoms with Gasteiger partial charge in [-0.2, -0.15) is 0 Å². The molecule has 2 heterocycles. The number of rotatable bonds is 1. The summed E-state index contributed by atoms with van der Waals surface area (Å²) in [7, 11) is 0. The Balaban J connectivity index is 2.21. The van der Waals surface area contributed by atoms with Gasteiger partial charge < -0.3 is 4.98 Å². The number of thiophene rings is 1. The number of hydrogen-bond acceptors (Lipinski definition) is 2. The van der Waals surface area contributed by atoms with E-state index in [2.05, 4.69) is 25.9 Å². The molecule has 1 N–H and O–H groups in total. The zero-order chi connectivity index (χ0) is 12.0. The molecule has 0 fully saturated rings. The van der Waals surface area contributed by atoms with Crippen LogP contribution in [0.15, 0.2) is 28.1 Å². The predicted molar refractivity (Wildman–Crippen MR) is 76.9 cm³/mol. The number of hydrogen-bond donors (Lipinski definition) is 1. The van der Waals surface area contributed by atoms with Gasteiger partial charge in [0, 0.05) is 4.47 Å². The highest BCUT2D eigenvalue weighted by Gasteiger charge is 2.12. The van der Waals surface area contributed by atoms with Gasteiger partial charge in [-0.1, -0.05) is 27.5 Å². The molecule has 2 nitrogen and oxygen atoms in total. The molecule has 0 bridgehead atoms. The van der Waals surface area contributed by atoms with Crippen LogP contribution in [-0.2, 0) is 0 Å². The third kappa shape index (κ3) is 1.90. The van der Waals surface area contributed by atoms with E-state index >= 15 is 0 Å². The zero-order valence-corrected chi connectivity index (χ0v) is 12.1. The molecule has 0 saturated carbocycles. The van der Waals surface area contributed by atoms with Gasteiger partial charge >= 0.3 is 0 Å². The standard InChI is InChI=1S/C12H8BrClN2S/c1-6-5-17-11(10(6)14)12-15-8-3-2-7(13)4-9(8)16-12/h2-5H,1H3,(H,15,16). The van der Waals surface area contributed by atoms with Crippen LogP contribution in [0.25, 0.3) is 21.7 Å². The van der Waals surface area contributed by atoms with Crippen LogP contribution in [0.4, 0.5) is 0 Å². The van der Waals surface area contributed by atoms with Crippen LogP contribution in [0.2, 0.25) is 5.02 Å². The Morgan fingerprint density at radius 3 is 2.94 bits per heavy atom. The van der Waals surface area contributed by atoms with Gasteiger partial charge in [0.05, 0.1) is 20.9 Å². The molecule has 0 atom stereocenters. The minimum absolute atomic E-state index is 0.785. The van der Waals surface area contributed by atoms with E-state index in [1.807, 2.05) is 30.5 Å². The average molecular weight is 328 g/mol. The van der Waals surface area contributed by atoms with Crippen molar-refractivity contribution in [2.24, 2.45) is 0 Å². The molecule has 0 saturated heterocycles. The Hall–Kier alpha value is -0.840. The molecule has 0 aliphatic carbocycles. The SMILES string of the molecule is Cc1csc(-c2nc3ccc(Br)cc3[nH]2)c1Cl. The van der Waals surface area contributed by atoms with E-state index in [9.17, 15) is 0 Å². The van der Waals surface area contributed by atoms with Gasteiger partial charge in [0.1, 0.15) is 5.82 Å². The van der Waals surface area contributed by atoms with Crippen LogP contribution in [0.5, 0.6) is 0 Å². The maximum absolute atomic E-state index is 6.24. The predicted octanol–water partition coefficient (Wildman–Crippen LogP) is 5.02. The Kier molecular flexibility index (Phi) is 2.73. The van der Waals surface area contributed by atoms with Crippen molar-refractivity contribution in [1.82, 2.24) is 9.97 Å². The van der Waals surface area contributed by atoms with Gasteiger partial charge in [0.25, 0.3) is 0 Å². The lowest BCUT2D eigenvalue weighted by molar-refractivity contribution is 1.35. The van der Waals surface area contributed by atoms with E-state index in [1.165, 1.54) is 0 Å². The summed E-state index contributed by atoms with van der Waals surface area (Å²) in [5.41, 5.74) is 3.05. The number of nitrogens with zero attached hydrogens (tertiary/aromatic N) is 1. The minimum Gasteiger partial charge on any atom is -0.337 e. The third-order valence-electron chi connectivity index (χ3n) is 2.56. The number of benzene rings is 1. The molecular formula is C12H8BrClN2S. The molecule has 5 heteroatoms. The molecule has 2 aromatic heterocycles. The Bertz CT molecular complexity index is 702. The van der Waals surface area contributed by atoms with Crippen molar-refractivity contribution in [3.63, 3.8) is 0 Å². The normalized spacial score (nSPS) is 11.2. The van der Waals surface area contributed by atoms with Crippen molar-refractivity contribution in [3.8, 4) is 10.7 Å². The largest absolute Gasteiger partial charge is 0.337 e. The smallest absolute Gasteiger partial charge is 0.150 e. The van der Waals surface area contributed by atoms with Gasteiger partial charge in [0.2, 0.25) is 0 Å². The van der Waals surface area contributed by atoms with E-state index in [1.54, 1.807) is 11.3 Å². The molecule has 0 aliphatic rings. The highest BCUT2D eigenvalue weighted by molar-refractivity contribution is 9.10. The molecule has 17 heavy (non-hydrogen) atoms. The van der Waals surface area contributed by atoms with Crippen LogP contribution in [0.3, 0.4) is 0 Å². The fraction of sp³-hybridized carbons (Fsp3) is 0.0833. The number of fused-ring (bicyclic) bond motifs is 1. The second-order valence-electron chi connectivity index (χ2n) is 3.81. The molecule has 0 amide bonds. The van der Waals surface area contributed by atoms with Gasteiger partial charge in [-0.3, -0.25) is 0 Å². The summed E-state index contributed by atoms with van der Waals surface area (Å²) in [6.07, 6.45) is 0.